The molecule has 1 saturated carbocycles. The molecule has 1 rings (SSSR count). The highest BCUT2D eigenvalue weighted by atomic mass is 16.2. The molecule has 0 heterocycles. The van der Waals surface area contributed by atoms with Gasteiger partial charge in [-0.15, -0.1) is 0 Å². The standard InChI is InChI=1S/C13H26N2O/c1-3-4-7-11(14)12(16)15-10-13(2)8-5-6-9-13/h11H,3-10,14H2,1-2H3,(H,15,16). The molecule has 0 saturated heterocycles. The average molecular weight is 226 g/mol. The predicted octanol–water partition coefficient (Wildman–Crippen LogP) is 2.20. The summed E-state index contributed by atoms with van der Waals surface area (Å²) in [5.74, 6) is 0.0292. The van der Waals surface area contributed by atoms with Crippen LogP contribution in [0, 0.1) is 5.41 Å². The zero-order valence-corrected chi connectivity index (χ0v) is 10.7. The zero-order valence-electron chi connectivity index (χ0n) is 10.7. The van der Waals surface area contributed by atoms with Gasteiger partial charge in [0.05, 0.1) is 6.04 Å². The Bertz CT molecular complexity index is 222. The molecule has 1 aliphatic rings. The van der Waals surface area contributed by atoms with Crippen LogP contribution in [0.15, 0.2) is 0 Å². The summed E-state index contributed by atoms with van der Waals surface area (Å²) in [5.41, 5.74) is 6.14. The average Bonchev–Trinajstić information content (AvgIpc) is 2.70. The van der Waals surface area contributed by atoms with Crippen LogP contribution in [0.3, 0.4) is 0 Å². The van der Waals surface area contributed by atoms with Crippen LogP contribution in [0.1, 0.15) is 58.8 Å². The molecule has 0 bridgehead atoms. The van der Waals surface area contributed by atoms with Gasteiger partial charge < -0.3 is 11.1 Å². The van der Waals surface area contributed by atoms with Crippen LogP contribution in [-0.2, 0) is 4.79 Å². The van der Waals surface area contributed by atoms with Gasteiger partial charge in [0.1, 0.15) is 0 Å². The Morgan fingerprint density at radius 3 is 2.62 bits per heavy atom. The number of unbranched alkanes of at least 4 members (excludes halogenated alkanes) is 1. The van der Waals surface area contributed by atoms with Crippen molar-refractivity contribution in [3.8, 4) is 0 Å². The second-order valence-electron chi connectivity index (χ2n) is 5.48. The molecule has 1 fully saturated rings. The lowest BCUT2D eigenvalue weighted by molar-refractivity contribution is -0.123. The van der Waals surface area contributed by atoms with Crippen LogP contribution >= 0.6 is 0 Å². The molecule has 16 heavy (non-hydrogen) atoms. The summed E-state index contributed by atoms with van der Waals surface area (Å²) in [7, 11) is 0. The first-order valence-corrected chi connectivity index (χ1v) is 6.61. The Balaban J connectivity index is 2.23. The topological polar surface area (TPSA) is 55.1 Å². The van der Waals surface area contributed by atoms with E-state index in [9.17, 15) is 4.79 Å². The SMILES string of the molecule is CCCCC(N)C(=O)NCC1(C)CCCC1. The van der Waals surface area contributed by atoms with Crippen LogP contribution in [0.4, 0.5) is 0 Å². The number of hydrogen-bond acceptors (Lipinski definition) is 2. The van der Waals surface area contributed by atoms with Crippen LogP contribution in [0.25, 0.3) is 0 Å². The predicted molar refractivity (Wildman–Crippen MR) is 67.1 cm³/mol. The molecule has 3 heteroatoms. The summed E-state index contributed by atoms with van der Waals surface area (Å²) in [4.78, 5) is 11.7. The highest BCUT2D eigenvalue weighted by Crippen LogP contribution is 2.36. The smallest absolute Gasteiger partial charge is 0.236 e. The van der Waals surface area contributed by atoms with Crippen molar-refractivity contribution in [1.29, 1.82) is 0 Å². The molecular formula is C13H26N2O. The molecule has 3 N–H and O–H groups in total. The summed E-state index contributed by atoms with van der Waals surface area (Å²) in [5, 5.41) is 3.01. The monoisotopic (exact) mass is 226 g/mol. The lowest BCUT2D eigenvalue weighted by Gasteiger charge is -2.24. The highest BCUT2D eigenvalue weighted by molar-refractivity contribution is 5.81. The molecule has 0 spiro atoms. The van der Waals surface area contributed by atoms with E-state index in [1.165, 1.54) is 25.7 Å². The number of amides is 1. The van der Waals surface area contributed by atoms with E-state index >= 15 is 0 Å². The van der Waals surface area contributed by atoms with Crippen molar-refractivity contribution in [3.05, 3.63) is 0 Å². The van der Waals surface area contributed by atoms with Gasteiger partial charge in [-0.05, 0) is 24.7 Å². The number of rotatable bonds is 6. The number of nitrogens with one attached hydrogen (secondary N) is 1. The Labute approximate surface area is 99.2 Å². The minimum Gasteiger partial charge on any atom is -0.354 e. The first-order chi connectivity index (χ1) is 7.57. The fourth-order valence-electron chi connectivity index (χ4n) is 2.39. The summed E-state index contributed by atoms with van der Waals surface area (Å²) in [6.07, 6.45) is 8.00. The zero-order chi connectivity index (χ0) is 12.0. The lowest BCUT2D eigenvalue weighted by atomic mass is 9.89. The molecule has 1 amide bonds. The Morgan fingerprint density at radius 1 is 1.44 bits per heavy atom. The number of carbonyl (C=O) groups excluding carboxylic acids is 1. The minimum atomic E-state index is -0.315. The number of nitrogens with two attached hydrogens (primary N) is 1. The molecule has 1 aliphatic carbocycles. The summed E-state index contributed by atoms with van der Waals surface area (Å²) in [6.45, 7) is 5.17. The molecule has 0 aromatic carbocycles. The maximum absolute atomic E-state index is 11.7. The van der Waals surface area contributed by atoms with Gasteiger partial charge >= 0.3 is 0 Å². The van der Waals surface area contributed by atoms with Gasteiger partial charge in [0, 0.05) is 6.54 Å². The molecule has 94 valence electrons. The third-order valence-electron chi connectivity index (χ3n) is 3.71. The molecule has 0 aromatic rings. The van der Waals surface area contributed by atoms with Gasteiger partial charge in [-0.1, -0.05) is 39.5 Å². The first kappa shape index (κ1) is 13.5. The van der Waals surface area contributed by atoms with E-state index < -0.39 is 0 Å². The fraction of sp³-hybridized carbons (Fsp3) is 0.923. The van der Waals surface area contributed by atoms with E-state index in [0.29, 0.717) is 5.41 Å². The van der Waals surface area contributed by atoms with Crippen molar-refractivity contribution in [2.75, 3.05) is 6.54 Å². The van der Waals surface area contributed by atoms with Crippen molar-refractivity contribution in [2.45, 2.75) is 64.8 Å². The Kier molecular flexibility index (Phi) is 5.26. The second-order valence-corrected chi connectivity index (χ2v) is 5.48. The molecule has 3 nitrogen and oxygen atoms in total. The first-order valence-electron chi connectivity index (χ1n) is 6.61. The van der Waals surface area contributed by atoms with Crippen LogP contribution in [0.2, 0.25) is 0 Å². The van der Waals surface area contributed by atoms with E-state index in [1.807, 2.05) is 0 Å². The molecular weight excluding hydrogens is 200 g/mol. The van der Waals surface area contributed by atoms with Gasteiger partial charge in [0.25, 0.3) is 0 Å². The molecule has 1 atom stereocenters. The molecule has 0 aromatic heterocycles. The van der Waals surface area contributed by atoms with Gasteiger partial charge in [0.15, 0.2) is 0 Å². The number of carbonyl (C=O) groups is 1. The second kappa shape index (κ2) is 6.24. The molecule has 0 radical (unpaired) electrons. The molecule has 0 aliphatic heterocycles. The molecule has 1 unspecified atom stereocenters. The quantitative estimate of drug-likeness (QED) is 0.729. The van der Waals surface area contributed by atoms with Crippen molar-refractivity contribution in [2.24, 2.45) is 11.1 Å². The Hall–Kier alpha value is -0.570. The maximum Gasteiger partial charge on any atom is 0.236 e. The van der Waals surface area contributed by atoms with Crippen molar-refractivity contribution >= 4 is 5.91 Å². The van der Waals surface area contributed by atoms with Crippen LogP contribution in [-0.4, -0.2) is 18.5 Å². The van der Waals surface area contributed by atoms with Crippen LogP contribution < -0.4 is 11.1 Å². The number of hydrogen-bond donors (Lipinski definition) is 2. The van der Waals surface area contributed by atoms with E-state index in [0.717, 1.165) is 25.8 Å². The minimum absolute atomic E-state index is 0.0292. The van der Waals surface area contributed by atoms with Crippen molar-refractivity contribution in [1.82, 2.24) is 5.32 Å². The highest BCUT2D eigenvalue weighted by Gasteiger charge is 2.29. The van der Waals surface area contributed by atoms with Gasteiger partial charge in [-0.3, -0.25) is 4.79 Å². The van der Waals surface area contributed by atoms with Gasteiger partial charge in [0.2, 0.25) is 5.91 Å². The largest absolute Gasteiger partial charge is 0.354 e. The van der Waals surface area contributed by atoms with Gasteiger partial charge in [-0.2, -0.15) is 0 Å². The lowest BCUT2D eigenvalue weighted by Crippen LogP contribution is -2.44. The summed E-state index contributed by atoms with van der Waals surface area (Å²) in [6, 6.07) is -0.315. The van der Waals surface area contributed by atoms with Crippen LogP contribution in [0.5, 0.6) is 0 Å². The maximum atomic E-state index is 11.7. The van der Waals surface area contributed by atoms with Gasteiger partial charge in [-0.25, -0.2) is 0 Å². The van der Waals surface area contributed by atoms with Crippen molar-refractivity contribution in [3.63, 3.8) is 0 Å². The van der Waals surface area contributed by atoms with E-state index in [4.69, 9.17) is 5.73 Å². The Morgan fingerprint density at radius 2 is 2.06 bits per heavy atom. The third kappa shape index (κ3) is 4.12. The van der Waals surface area contributed by atoms with E-state index in [2.05, 4.69) is 19.2 Å². The summed E-state index contributed by atoms with van der Waals surface area (Å²) < 4.78 is 0. The normalized spacial score (nSPS) is 20.7. The van der Waals surface area contributed by atoms with E-state index in [1.54, 1.807) is 0 Å². The fourth-order valence-corrected chi connectivity index (χ4v) is 2.39. The summed E-state index contributed by atoms with van der Waals surface area (Å²) >= 11 is 0. The van der Waals surface area contributed by atoms with Crippen molar-refractivity contribution < 1.29 is 4.79 Å². The third-order valence-corrected chi connectivity index (χ3v) is 3.71. The van der Waals surface area contributed by atoms with E-state index in [-0.39, 0.29) is 11.9 Å².